The summed E-state index contributed by atoms with van der Waals surface area (Å²) >= 11 is 9.44. The quantitative estimate of drug-likeness (QED) is 0.798. The van der Waals surface area contributed by atoms with Gasteiger partial charge in [-0.15, -0.1) is 0 Å². The van der Waals surface area contributed by atoms with Crippen molar-refractivity contribution in [2.45, 2.75) is 6.42 Å². The van der Waals surface area contributed by atoms with Crippen LogP contribution in [0, 0.1) is 0 Å². The molecule has 2 aromatic rings. The fourth-order valence-electron chi connectivity index (χ4n) is 1.63. The van der Waals surface area contributed by atoms with Crippen molar-refractivity contribution in [3.05, 3.63) is 63.1 Å². The average Bonchev–Trinajstić information content (AvgIpc) is 2.34. The van der Waals surface area contributed by atoms with Gasteiger partial charge in [0.25, 0.3) is 0 Å². The zero-order valence-corrected chi connectivity index (χ0v) is 11.8. The Hall–Kier alpha value is -0.990. The van der Waals surface area contributed by atoms with Crippen LogP contribution < -0.4 is 4.74 Å². The first kappa shape index (κ1) is 12.5. The number of hydrogen-bond donors (Lipinski definition) is 0. The van der Waals surface area contributed by atoms with Crippen molar-refractivity contribution in [2.24, 2.45) is 0 Å². The van der Waals surface area contributed by atoms with Crippen LogP contribution in [0.2, 0.25) is 5.02 Å². The zero-order valence-electron chi connectivity index (χ0n) is 9.41. The molecule has 0 unspecified atom stereocenters. The molecule has 0 heterocycles. The van der Waals surface area contributed by atoms with Crippen molar-refractivity contribution >= 4 is 27.5 Å². The van der Waals surface area contributed by atoms with E-state index in [0.717, 1.165) is 21.7 Å². The molecule has 0 aliphatic heterocycles. The Morgan fingerprint density at radius 2 is 1.82 bits per heavy atom. The normalized spacial score (nSPS) is 10.3. The standard InChI is InChI=1S/C14H12BrClO/c1-17-13-6-2-10(3-7-13)8-11-4-5-12(16)9-14(11)15/h2-7,9H,8H2,1H3. The smallest absolute Gasteiger partial charge is 0.118 e. The van der Waals surface area contributed by atoms with E-state index in [2.05, 4.69) is 28.1 Å². The maximum Gasteiger partial charge on any atom is 0.118 e. The summed E-state index contributed by atoms with van der Waals surface area (Å²) in [7, 11) is 1.67. The molecule has 0 atom stereocenters. The number of halogens is 2. The van der Waals surface area contributed by atoms with Gasteiger partial charge in [-0.05, 0) is 41.8 Å². The largest absolute Gasteiger partial charge is 0.497 e. The van der Waals surface area contributed by atoms with E-state index in [1.54, 1.807) is 7.11 Å². The number of rotatable bonds is 3. The summed E-state index contributed by atoms with van der Waals surface area (Å²) in [5.41, 5.74) is 2.47. The zero-order chi connectivity index (χ0) is 12.3. The molecule has 0 aromatic heterocycles. The van der Waals surface area contributed by atoms with Crippen LogP contribution >= 0.6 is 27.5 Å². The highest BCUT2D eigenvalue weighted by Crippen LogP contribution is 2.24. The number of benzene rings is 2. The van der Waals surface area contributed by atoms with Crippen LogP contribution in [0.1, 0.15) is 11.1 Å². The second kappa shape index (κ2) is 5.56. The van der Waals surface area contributed by atoms with E-state index in [9.17, 15) is 0 Å². The molecule has 0 saturated heterocycles. The monoisotopic (exact) mass is 310 g/mol. The van der Waals surface area contributed by atoms with Gasteiger partial charge in [0.05, 0.1) is 7.11 Å². The molecule has 0 radical (unpaired) electrons. The van der Waals surface area contributed by atoms with Gasteiger partial charge in [-0.25, -0.2) is 0 Å². The third-order valence-corrected chi connectivity index (χ3v) is 3.54. The highest BCUT2D eigenvalue weighted by molar-refractivity contribution is 9.10. The highest BCUT2D eigenvalue weighted by Gasteiger charge is 2.02. The van der Waals surface area contributed by atoms with Crippen molar-refractivity contribution in [1.82, 2.24) is 0 Å². The molecule has 17 heavy (non-hydrogen) atoms. The summed E-state index contributed by atoms with van der Waals surface area (Å²) in [5, 5.41) is 0.746. The van der Waals surface area contributed by atoms with E-state index in [1.807, 2.05) is 30.3 Å². The van der Waals surface area contributed by atoms with Crippen LogP contribution in [0.4, 0.5) is 0 Å². The fourth-order valence-corrected chi connectivity index (χ4v) is 2.45. The molecule has 2 aromatic carbocycles. The van der Waals surface area contributed by atoms with Crippen LogP contribution in [-0.4, -0.2) is 7.11 Å². The minimum atomic E-state index is 0.746. The summed E-state index contributed by atoms with van der Waals surface area (Å²) in [6.07, 6.45) is 0.877. The van der Waals surface area contributed by atoms with Crippen molar-refractivity contribution in [2.75, 3.05) is 7.11 Å². The molecule has 3 heteroatoms. The maximum atomic E-state index is 5.91. The molecule has 0 aliphatic rings. The Bertz CT molecular complexity index is 508. The molecular formula is C14H12BrClO. The van der Waals surface area contributed by atoms with Gasteiger partial charge in [0.15, 0.2) is 0 Å². The van der Waals surface area contributed by atoms with Crippen molar-refractivity contribution in [3.63, 3.8) is 0 Å². The second-order valence-corrected chi connectivity index (χ2v) is 5.05. The van der Waals surface area contributed by atoms with E-state index in [1.165, 1.54) is 11.1 Å². The molecular weight excluding hydrogens is 300 g/mol. The molecule has 1 nitrogen and oxygen atoms in total. The summed E-state index contributed by atoms with van der Waals surface area (Å²) in [4.78, 5) is 0. The van der Waals surface area contributed by atoms with Gasteiger partial charge < -0.3 is 4.74 Å². The first-order chi connectivity index (χ1) is 8.19. The lowest BCUT2D eigenvalue weighted by Crippen LogP contribution is -1.90. The van der Waals surface area contributed by atoms with E-state index in [-0.39, 0.29) is 0 Å². The summed E-state index contributed by atoms with van der Waals surface area (Å²) in [6, 6.07) is 13.9. The lowest BCUT2D eigenvalue weighted by molar-refractivity contribution is 0.414. The van der Waals surface area contributed by atoms with Crippen LogP contribution in [0.3, 0.4) is 0 Å². The first-order valence-electron chi connectivity index (χ1n) is 5.26. The Balaban J connectivity index is 2.19. The van der Waals surface area contributed by atoms with Gasteiger partial charge >= 0.3 is 0 Å². The van der Waals surface area contributed by atoms with Crippen molar-refractivity contribution in [3.8, 4) is 5.75 Å². The SMILES string of the molecule is COc1ccc(Cc2ccc(Cl)cc2Br)cc1. The number of hydrogen-bond acceptors (Lipinski definition) is 1. The van der Waals surface area contributed by atoms with E-state index in [0.29, 0.717) is 0 Å². The fraction of sp³-hybridized carbons (Fsp3) is 0.143. The maximum absolute atomic E-state index is 5.91. The van der Waals surface area contributed by atoms with Crippen LogP contribution in [0.5, 0.6) is 5.75 Å². The Morgan fingerprint density at radius 1 is 1.12 bits per heavy atom. The molecule has 0 amide bonds. The highest BCUT2D eigenvalue weighted by atomic mass is 79.9. The number of methoxy groups -OCH3 is 1. The predicted molar refractivity (Wildman–Crippen MR) is 75.0 cm³/mol. The summed E-state index contributed by atoms with van der Waals surface area (Å²) < 4.78 is 6.17. The topological polar surface area (TPSA) is 9.23 Å². The molecule has 2 rings (SSSR count). The molecule has 0 aliphatic carbocycles. The third kappa shape index (κ3) is 3.24. The lowest BCUT2D eigenvalue weighted by Gasteiger charge is -2.06. The Morgan fingerprint density at radius 3 is 2.41 bits per heavy atom. The van der Waals surface area contributed by atoms with Gasteiger partial charge in [-0.3, -0.25) is 0 Å². The van der Waals surface area contributed by atoms with Crippen molar-refractivity contribution < 1.29 is 4.74 Å². The van der Waals surface area contributed by atoms with Gasteiger partial charge in [0.1, 0.15) is 5.75 Å². The molecule has 0 bridgehead atoms. The third-order valence-electron chi connectivity index (χ3n) is 2.57. The average molecular weight is 312 g/mol. The predicted octanol–water partition coefficient (Wildman–Crippen LogP) is 4.70. The summed E-state index contributed by atoms with van der Waals surface area (Å²) in [6.45, 7) is 0. The number of ether oxygens (including phenoxy) is 1. The van der Waals surface area contributed by atoms with Gasteiger partial charge in [-0.2, -0.15) is 0 Å². The lowest BCUT2D eigenvalue weighted by atomic mass is 10.1. The van der Waals surface area contributed by atoms with Crippen molar-refractivity contribution in [1.29, 1.82) is 0 Å². The Labute approximate surface area is 115 Å². The second-order valence-electron chi connectivity index (χ2n) is 3.76. The van der Waals surface area contributed by atoms with Gasteiger partial charge in [0.2, 0.25) is 0 Å². The molecule has 0 fully saturated rings. The van der Waals surface area contributed by atoms with Gasteiger partial charge in [0, 0.05) is 9.50 Å². The molecule has 88 valence electrons. The van der Waals surface area contributed by atoms with E-state index >= 15 is 0 Å². The van der Waals surface area contributed by atoms with Crippen LogP contribution in [0.15, 0.2) is 46.9 Å². The Kier molecular flexibility index (Phi) is 4.08. The molecule has 0 saturated carbocycles. The molecule has 0 N–H and O–H groups in total. The first-order valence-corrected chi connectivity index (χ1v) is 6.43. The van der Waals surface area contributed by atoms with Gasteiger partial charge in [-0.1, -0.05) is 45.7 Å². The minimum Gasteiger partial charge on any atom is -0.497 e. The minimum absolute atomic E-state index is 0.746. The van der Waals surface area contributed by atoms with E-state index < -0.39 is 0 Å². The van der Waals surface area contributed by atoms with Crippen LogP contribution in [0.25, 0.3) is 0 Å². The van der Waals surface area contributed by atoms with Crippen LogP contribution in [-0.2, 0) is 6.42 Å². The summed E-state index contributed by atoms with van der Waals surface area (Å²) in [5.74, 6) is 0.879. The molecule has 0 spiro atoms. The van der Waals surface area contributed by atoms with E-state index in [4.69, 9.17) is 16.3 Å².